The first-order valence-corrected chi connectivity index (χ1v) is 32.9. The van der Waals surface area contributed by atoms with Gasteiger partial charge in [-0.1, -0.05) is 267 Å². The molecule has 0 aliphatic rings. The first-order chi connectivity index (χ1) is 41.0. The molecule has 0 N–H and O–H groups in total. The first kappa shape index (κ1) is 77.2. The molecule has 0 rings (SSSR count). The molecule has 0 amide bonds. The zero-order valence-electron chi connectivity index (χ0n) is 52.9. The van der Waals surface area contributed by atoms with Crippen LogP contribution in [-0.2, 0) is 28.6 Å². The molecule has 0 aliphatic carbocycles. The average molecular weight is 1140 g/mol. The van der Waals surface area contributed by atoms with Gasteiger partial charge in [0, 0.05) is 19.3 Å². The second kappa shape index (κ2) is 68.7. The number of carbonyl (C=O) groups is 3. The van der Waals surface area contributed by atoms with Gasteiger partial charge in [0.25, 0.3) is 0 Å². The lowest BCUT2D eigenvalue weighted by Gasteiger charge is -2.18. The van der Waals surface area contributed by atoms with Crippen molar-refractivity contribution in [3.05, 3.63) is 194 Å². The molecule has 83 heavy (non-hydrogen) atoms. The molecule has 6 heteroatoms. The molecule has 1 atom stereocenters. The Bertz CT molecular complexity index is 1990. The van der Waals surface area contributed by atoms with Crippen LogP contribution in [-0.4, -0.2) is 37.2 Å². The van der Waals surface area contributed by atoms with Crippen LogP contribution in [0, 0.1) is 0 Å². The number of rotatable bonds is 57. The highest BCUT2D eigenvalue weighted by atomic mass is 16.6. The summed E-state index contributed by atoms with van der Waals surface area (Å²) in [4.78, 5) is 38.3. The van der Waals surface area contributed by atoms with E-state index in [1.165, 1.54) is 6.42 Å². The molecule has 0 fully saturated rings. The van der Waals surface area contributed by atoms with Crippen molar-refractivity contribution in [1.29, 1.82) is 0 Å². The second-order valence-electron chi connectivity index (χ2n) is 20.9. The van der Waals surface area contributed by atoms with Crippen LogP contribution in [0.3, 0.4) is 0 Å². The monoisotopic (exact) mass is 1140 g/mol. The molecule has 0 heterocycles. The minimum absolute atomic E-state index is 0.115. The Balaban J connectivity index is 4.49. The fourth-order valence-corrected chi connectivity index (χ4v) is 8.20. The summed E-state index contributed by atoms with van der Waals surface area (Å²) in [5, 5.41) is 0. The van der Waals surface area contributed by atoms with E-state index in [1.54, 1.807) is 0 Å². The van der Waals surface area contributed by atoms with Gasteiger partial charge in [-0.15, -0.1) is 0 Å². The van der Waals surface area contributed by atoms with Crippen LogP contribution >= 0.6 is 0 Å². The van der Waals surface area contributed by atoms with Crippen molar-refractivity contribution >= 4 is 17.9 Å². The van der Waals surface area contributed by atoms with Crippen molar-refractivity contribution in [2.24, 2.45) is 0 Å². The van der Waals surface area contributed by atoms with E-state index in [1.807, 2.05) is 0 Å². The fourth-order valence-electron chi connectivity index (χ4n) is 8.20. The first-order valence-electron chi connectivity index (χ1n) is 32.9. The van der Waals surface area contributed by atoms with Crippen LogP contribution < -0.4 is 0 Å². The van der Waals surface area contributed by atoms with E-state index in [4.69, 9.17) is 14.2 Å². The SMILES string of the molecule is CC/C=C\C/C=C\C/C=C\C/C=C\C/C=C\C/C=C\C/C=C\C/C=C\CCCCCCC(=O)OCC(COC(=O)CCCCCCC/C=C\C/C=C\CCC)OC(=O)CCCCCC/C=C\C/C=C\C/C=C\C/C=C\C/C=C\C/C=C\CC. The topological polar surface area (TPSA) is 78.9 Å². The molecule has 0 saturated carbocycles. The summed E-state index contributed by atoms with van der Waals surface area (Å²) in [5.74, 6) is -0.987. The predicted octanol–water partition coefficient (Wildman–Crippen LogP) is 23.0. The summed E-state index contributed by atoms with van der Waals surface area (Å²) < 4.78 is 16.9. The highest BCUT2D eigenvalue weighted by Gasteiger charge is 2.19. The van der Waals surface area contributed by atoms with Gasteiger partial charge in [0.2, 0.25) is 0 Å². The highest BCUT2D eigenvalue weighted by molar-refractivity contribution is 5.71. The van der Waals surface area contributed by atoms with Gasteiger partial charge < -0.3 is 14.2 Å². The van der Waals surface area contributed by atoms with Crippen molar-refractivity contribution in [3.63, 3.8) is 0 Å². The summed E-state index contributed by atoms with van der Waals surface area (Å²) in [6.45, 7) is 6.28. The highest BCUT2D eigenvalue weighted by Crippen LogP contribution is 2.13. The summed E-state index contributed by atoms with van der Waals surface area (Å²) in [5.41, 5.74) is 0. The lowest BCUT2D eigenvalue weighted by Crippen LogP contribution is -2.30. The molecule has 1 unspecified atom stereocenters. The Kier molecular flexibility index (Phi) is 64.0. The molecule has 0 saturated heterocycles. The third-order valence-corrected chi connectivity index (χ3v) is 13.0. The molecule has 0 bridgehead atoms. The predicted molar refractivity (Wildman–Crippen MR) is 361 cm³/mol. The summed E-state index contributed by atoms with van der Waals surface area (Å²) in [6.07, 6.45) is 104. The normalized spacial score (nSPS) is 13.4. The molecule has 0 aliphatic heterocycles. The minimum atomic E-state index is -0.822. The van der Waals surface area contributed by atoms with Gasteiger partial charge in [-0.05, 0) is 161 Å². The quantitative estimate of drug-likeness (QED) is 0.0261. The van der Waals surface area contributed by atoms with Gasteiger partial charge in [0.15, 0.2) is 6.10 Å². The van der Waals surface area contributed by atoms with Crippen LogP contribution in [0.25, 0.3) is 0 Å². The Hall–Kier alpha value is -5.75. The van der Waals surface area contributed by atoms with Crippen LogP contribution in [0.2, 0.25) is 0 Å². The molecule has 0 aromatic carbocycles. The van der Waals surface area contributed by atoms with Crippen molar-refractivity contribution < 1.29 is 28.6 Å². The van der Waals surface area contributed by atoms with Gasteiger partial charge in [0.05, 0.1) is 0 Å². The Morgan fingerprint density at radius 3 is 0.735 bits per heavy atom. The molecular weight excluding hydrogens is 1020 g/mol. The third kappa shape index (κ3) is 66.9. The molecule has 0 spiro atoms. The average Bonchev–Trinajstić information content (AvgIpc) is 3.49. The smallest absolute Gasteiger partial charge is 0.306 e. The molecule has 6 nitrogen and oxygen atoms in total. The van der Waals surface area contributed by atoms with E-state index in [0.29, 0.717) is 12.8 Å². The Morgan fingerprint density at radius 2 is 0.470 bits per heavy atom. The zero-order valence-corrected chi connectivity index (χ0v) is 52.9. The number of hydrogen-bond acceptors (Lipinski definition) is 6. The van der Waals surface area contributed by atoms with E-state index in [0.717, 1.165) is 205 Å². The van der Waals surface area contributed by atoms with E-state index in [9.17, 15) is 14.4 Å². The van der Waals surface area contributed by atoms with Crippen LogP contribution in [0.4, 0.5) is 0 Å². The maximum atomic E-state index is 12.9. The standard InChI is InChI=1S/C77H118O6/c1-4-7-10-13-16-19-22-25-27-29-31-33-35-36-37-38-39-40-42-43-45-47-49-52-55-58-61-64-67-70-76(79)82-73-74(72-81-75(78)69-66-63-60-57-54-51-24-21-18-15-12-9-6-3)83-77(80)71-68-65-62-59-56-53-50-48-46-44-41-34-32-30-28-26-23-20-17-14-11-8-5-2/h7-8,10-12,15-17,19-21,24-28,31-34,36-37,39-40,43-46,49-50,52-53,74H,4-6,9,13-14,18,22-23,29-30,35,38,41-42,47-48,51,54-73H2,1-3H3/b10-7-,11-8-,15-12-,19-16-,20-17-,24-21-,27-25-,28-26-,33-31-,34-32-,37-36-,40-39-,45-43-,46-44-,52-49-,53-50-. The molecule has 0 aromatic heterocycles. The van der Waals surface area contributed by atoms with Crippen LogP contribution in [0.15, 0.2) is 194 Å². The van der Waals surface area contributed by atoms with Crippen molar-refractivity contribution in [3.8, 4) is 0 Å². The van der Waals surface area contributed by atoms with Crippen molar-refractivity contribution in [2.75, 3.05) is 13.2 Å². The zero-order chi connectivity index (χ0) is 59.9. The lowest BCUT2D eigenvalue weighted by molar-refractivity contribution is -0.167. The van der Waals surface area contributed by atoms with Gasteiger partial charge in [-0.3, -0.25) is 14.4 Å². The van der Waals surface area contributed by atoms with Crippen molar-refractivity contribution in [1.82, 2.24) is 0 Å². The maximum Gasteiger partial charge on any atom is 0.306 e. The Labute approximate surface area is 509 Å². The van der Waals surface area contributed by atoms with Gasteiger partial charge in [-0.2, -0.15) is 0 Å². The summed E-state index contributed by atoms with van der Waals surface area (Å²) >= 11 is 0. The van der Waals surface area contributed by atoms with Crippen LogP contribution in [0.1, 0.15) is 252 Å². The number of allylic oxidation sites excluding steroid dienone is 32. The number of ether oxygens (including phenoxy) is 3. The Morgan fingerprint density at radius 1 is 0.253 bits per heavy atom. The number of unbranched alkanes of at least 4 members (excludes halogenated alkanes) is 14. The number of esters is 3. The van der Waals surface area contributed by atoms with E-state index < -0.39 is 6.10 Å². The van der Waals surface area contributed by atoms with E-state index in [-0.39, 0.29) is 37.5 Å². The molecule has 0 aromatic rings. The third-order valence-electron chi connectivity index (χ3n) is 13.0. The maximum absolute atomic E-state index is 12.9. The van der Waals surface area contributed by atoms with Gasteiger partial charge >= 0.3 is 17.9 Å². The summed E-state index contributed by atoms with van der Waals surface area (Å²) in [7, 11) is 0. The van der Waals surface area contributed by atoms with E-state index in [2.05, 4.69) is 215 Å². The van der Waals surface area contributed by atoms with Crippen LogP contribution in [0.5, 0.6) is 0 Å². The second-order valence-corrected chi connectivity index (χ2v) is 20.9. The number of hydrogen-bond donors (Lipinski definition) is 0. The molecular formula is C77H118O6. The number of carbonyl (C=O) groups excluding carboxylic acids is 3. The fraction of sp³-hybridized carbons (Fsp3) is 0.545. The molecule has 462 valence electrons. The molecule has 0 radical (unpaired) electrons. The largest absolute Gasteiger partial charge is 0.462 e. The lowest BCUT2D eigenvalue weighted by atomic mass is 10.1. The van der Waals surface area contributed by atoms with Gasteiger partial charge in [0.1, 0.15) is 13.2 Å². The minimum Gasteiger partial charge on any atom is -0.462 e. The van der Waals surface area contributed by atoms with Gasteiger partial charge in [-0.25, -0.2) is 0 Å². The van der Waals surface area contributed by atoms with E-state index >= 15 is 0 Å². The van der Waals surface area contributed by atoms with Crippen molar-refractivity contribution in [2.45, 2.75) is 258 Å². The summed E-state index contributed by atoms with van der Waals surface area (Å²) in [6, 6.07) is 0.